The Bertz CT molecular complexity index is 2280. The van der Waals surface area contributed by atoms with Crippen LogP contribution in [0.15, 0.2) is 84.1 Å². The molecule has 4 aliphatic heterocycles. The van der Waals surface area contributed by atoms with Crippen molar-refractivity contribution in [2.75, 3.05) is 35.0 Å². The first-order valence-electron chi connectivity index (χ1n) is 28.2. The van der Waals surface area contributed by atoms with E-state index in [9.17, 15) is 50.1 Å². The van der Waals surface area contributed by atoms with Crippen LogP contribution < -0.4 is 5.32 Å². The maximum atomic E-state index is 14.1. The number of hydrogen-bond acceptors (Lipinski definition) is 20. The van der Waals surface area contributed by atoms with E-state index < -0.39 is 157 Å². The van der Waals surface area contributed by atoms with Gasteiger partial charge in [0.1, 0.15) is 72.7 Å². The van der Waals surface area contributed by atoms with Crippen LogP contribution in [0.5, 0.6) is 0 Å². The van der Waals surface area contributed by atoms with E-state index in [0.29, 0.717) is 18.4 Å². The molecular weight excluding hydrogens is 1050 g/mol. The molecule has 4 heterocycles. The zero-order valence-electron chi connectivity index (χ0n) is 49.5. The van der Waals surface area contributed by atoms with Crippen molar-refractivity contribution in [3.8, 4) is 0 Å². The summed E-state index contributed by atoms with van der Waals surface area (Å²) in [6.07, 6.45) is 0.840. The molecule has 0 spiro atoms. The fourth-order valence-electron chi connectivity index (χ4n) is 11.8. The van der Waals surface area contributed by atoms with Crippen molar-refractivity contribution < 1.29 is 97.5 Å². The lowest BCUT2D eigenvalue weighted by atomic mass is 9.70. The number of aliphatic hydroxyl groups excluding tert-OH is 6. The average Bonchev–Trinajstić information content (AvgIpc) is 3.83. The highest BCUT2D eigenvalue weighted by Crippen LogP contribution is 2.47. The summed E-state index contributed by atoms with van der Waals surface area (Å²) >= 11 is 0. The van der Waals surface area contributed by atoms with E-state index in [2.05, 4.69) is 5.32 Å². The van der Waals surface area contributed by atoms with Crippen LogP contribution in [0.1, 0.15) is 88.5 Å². The Hall–Kier alpha value is -3.69. The van der Waals surface area contributed by atoms with Gasteiger partial charge >= 0.3 is 0 Å². The Morgan fingerprint density at radius 3 is 2.02 bits per heavy atom. The number of nitrogens with one attached hydrogen (secondary N) is 1. The molecule has 5 fully saturated rings. The number of methoxy groups -OCH3 is 4. The lowest BCUT2D eigenvalue weighted by Gasteiger charge is -2.55. The number of carbonyl (C=O) groups excluding carboxylic acids is 3. The van der Waals surface area contributed by atoms with Gasteiger partial charge in [0.15, 0.2) is 18.4 Å². The normalized spacial score (nSPS) is 40.3. The van der Waals surface area contributed by atoms with Gasteiger partial charge in [0.05, 0.1) is 48.6 Å². The lowest BCUT2D eigenvalue weighted by molar-refractivity contribution is -0.399. The fraction of sp³-hybridized carbons (Fsp3) is 0.717. The minimum absolute atomic E-state index is 0.00536. The van der Waals surface area contributed by atoms with E-state index in [1.165, 1.54) is 28.4 Å². The SMILES string of the molecule is C/C=C/C=C/[C@@H]1O[C@](O)([C@H](CC)C(=O)NC/C=C/C=C(\C)[C@@H](OC)[C@@H](C)[C@@H]2O[C@H](/C=C/C=C/C=C(\C)C(=O)C3C(=O)C(C)CCC3O)[C@H](O)[C@@H]2O)[C@H](O)[C@H](O[C@@H]2O[C@H](C)[C@@H](O[C@@H]3O[C@@H](C)[C@H](OC)[C@@H](O)[C@H]3OC)[C@@H](OC)[C@H]2O)C1(C)C. The molecule has 5 aliphatic rings. The second-order valence-corrected chi connectivity index (χ2v) is 22.6. The summed E-state index contributed by atoms with van der Waals surface area (Å²) in [7, 11) is 5.76. The quantitative estimate of drug-likeness (QED) is 0.0391. The Kier molecular flexibility index (Phi) is 25.6. The van der Waals surface area contributed by atoms with E-state index >= 15 is 0 Å². The number of ketones is 2. The van der Waals surface area contributed by atoms with E-state index in [4.69, 9.17) is 47.4 Å². The first kappa shape index (κ1) is 68.1. The first-order valence-corrected chi connectivity index (χ1v) is 28.2. The summed E-state index contributed by atoms with van der Waals surface area (Å²) in [4.78, 5) is 39.7. The van der Waals surface area contributed by atoms with Gasteiger partial charge in [0.2, 0.25) is 11.7 Å². The molecule has 21 nitrogen and oxygen atoms in total. The number of Topliss-reactive ketones (excluding diaryl/α,β-unsaturated/α-hetero) is 2. The zero-order chi connectivity index (χ0) is 60.3. The van der Waals surface area contributed by atoms with Gasteiger partial charge in [-0.3, -0.25) is 14.4 Å². The van der Waals surface area contributed by atoms with E-state index in [0.717, 1.165) is 5.57 Å². The number of ether oxygens (including phenoxy) is 10. The number of hydrogen-bond donors (Lipinski definition) is 8. The molecule has 0 radical (unpaired) electrons. The average molecular weight is 1150 g/mol. The zero-order valence-corrected chi connectivity index (χ0v) is 49.5. The molecule has 458 valence electrons. The van der Waals surface area contributed by atoms with Crippen molar-refractivity contribution >= 4 is 17.5 Å². The van der Waals surface area contributed by atoms with E-state index in [1.807, 2.05) is 20.8 Å². The van der Waals surface area contributed by atoms with Crippen LogP contribution in [0.2, 0.25) is 0 Å². The van der Waals surface area contributed by atoms with Crippen LogP contribution in [-0.4, -0.2) is 210 Å². The van der Waals surface area contributed by atoms with Gasteiger partial charge in [-0.15, -0.1) is 0 Å². The van der Waals surface area contributed by atoms with E-state index in [1.54, 1.807) is 121 Å². The van der Waals surface area contributed by atoms with Gasteiger partial charge in [-0.2, -0.15) is 0 Å². The van der Waals surface area contributed by atoms with Crippen molar-refractivity contribution in [3.63, 3.8) is 0 Å². The molecule has 1 aliphatic carbocycles. The molecule has 1 amide bonds. The first-order chi connectivity index (χ1) is 38.3. The highest BCUT2D eigenvalue weighted by Gasteiger charge is 2.63. The summed E-state index contributed by atoms with van der Waals surface area (Å²) < 4.78 is 60.3. The topological polar surface area (TPSA) is 297 Å². The molecule has 24 atom stereocenters. The van der Waals surface area contributed by atoms with Gasteiger partial charge in [0, 0.05) is 52.2 Å². The third-order valence-electron chi connectivity index (χ3n) is 16.7. The van der Waals surface area contributed by atoms with Crippen LogP contribution in [0, 0.1) is 29.1 Å². The molecule has 1 saturated carbocycles. The maximum Gasteiger partial charge on any atom is 0.228 e. The smallest absolute Gasteiger partial charge is 0.228 e. The molecule has 0 aromatic carbocycles. The van der Waals surface area contributed by atoms with Crippen molar-refractivity contribution in [2.45, 2.75) is 211 Å². The molecule has 0 bridgehead atoms. The molecule has 0 aromatic rings. The number of amides is 1. The summed E-state index contributed by atoms with van der Waals surface area (Å²) in [6.45, 7) is 17.5. The third kappa shape index (κ3) is 15.4. The Morgan fingerprint density at radius 2 is 1.40 bits per heavy atom. The van der Waals surface area contributed by atoms with Gasteiger partial charge in [-0.25, -0.2) is 0 Å². The highest BCUT2D eigenvalue weighted by atomic mass is 16.8. The minimum Gasteiger partial charge on any atom is -0.392 e. The monoisotopic (exact) mass is 1150 g/mol. The molecule has 21 heteroatoms. The van der Waals surface area contributed by atoms with Gasteiger partial charge < -0.3 is 88.4 Å². The maximum absolute atomic E-state index is 14.1. The molecule has 81 heavy (non-hydrogen) atoms. The number of aliphatic hydroxyl groups is 7. The Morgan fingerprint density at radius 1 is 0.753 bits per heavy atom. The standard InChI is InChI=1S/C60H93NO20/c1-15-17-19-27-40-59(9,10)55(80-57-47(68)52(74-13)51(36(8)76-57)79-58-53(75-14)46(67)50(73-12)35(7)77-58)54(69)60(71,81-40)37(16-2)56(70)61-30-23-22-25-33(5)48(72-11)34(6)49-45(66)44(65)39(78-49)26-21-18-20-24-31(3)42(63)41-38(62)29-28-32(4)43(41)64/h15,17-27,32,34-41,44-55,57-58,62,65-69,71H,16,28-30H2,1-14H3,(H,61,70)/b17-15+,20-18+,23-22+,26-21+,27-19+,31-24+,33-25+/t32?,34-,35+,36-,37-,38?,39-,40+,41?,44+,45+,46-,47-,48-,49+,50+,51-,52+,53-,54-,55+,57+,58+,60-/m1/s1. The van der Waals surface area contributed by atoms with E-state index in [-0.39, 0.29) is 24.7 Å². The summed E-state index contributed by atoms with van der Waals surface area (Å²) in [6, 6.07) is 0. The summed E-state index contributed by atoms with van der Waals surface area (Å²) in [5, 5.41) is 82.9. The van der Waals surface area contributed by atoms with Crippen molar-refractivity contribution in [1.82, 2.24) is 5.32 Å². The summed E-state index contributed by atoms with van der Waals surface area (Å²) in [5.74, 6) is -6.96. The molecule has 0 aromatic heterocycles. The fourth-order valence-corrected chi connectivity index (χ4v) is 11.8. The van der Waals surface area contributed by atoms with Crippen LogP contribution in [-0.2, 0) is 61.8 Å². The van der Waals surface area contributed by atoms with Crippen molar-refractivity contribution in [3.05, 3.63) is 84.1 Å². The molecule has 4 saturated heterocycles. The number of allylic oxidation sites excluding steroid dienone is 10. The highest BCUT2D eigenvalue weighted by molar-refractivity contribution is 6.11. The van der Waals surface area contributed by atoms with Gasteiger partial charge in [0.25, 0.3) is 0 Å². The van der Waals surface area contributed by atoms with Crippen LogP contribution in [0.25, 0.3) is 0 Å². The number of rotatable bonds is 24. The predicted molar refractivity (Wildman–Crippen MR) is 297 cm³/mol. The predicted octanol–water partition coefficient (Wildman–Crippen LogP) is 3.01. The molecular formula is C60H93NO20. The van der Waals surface area contributed by atoms with Crippen LogP contribution in [0.4, 0.5) is 0 Å². The van der Waals surface area contributed by atoms with Crippen molar-refractivity contribution in [1.29, 1.82) is 0 Å². The largest absolute Gasteiger partial charge is 0.392 e. The minimum atomic E-state index is -2.53. The second kappa shape index (κ2) is 30.4. The molecule has 8 N–H and O–H groups in total. The third-order valence-corrected chi connectivity index (χ3v) is 16.7. The lowest BCUT2D eigenvalue weighted by Crippen LogP contribution is -2.71. The van der Waals surface area contributed by atoms with Gasteiger partial charge in [-0.1, -0.05) is 108 Å². The van der Waals surface area contributed by atoms with Crippen molar-refractivity contribution in [2.24, 2.45) is 29.1 Å². The van der Waals surface area contributed by atoms with Gasteiger partial charge in [-0.05, 0) is 65.0 Å². The summed E-state index contributed by atoms with van der Waals surface area (Å²) in [5.41, 5.74) is -0.0535. The Labute approximate surface area is 477 Å². The number of carbonyl (C=O) groups is 3. The van der Waals surface area contributed by atoms with Crippen LogP contribution in [0.3, 0.4) is 0 Å². The van der Waals surface area contributed by atoms with Crippen LogP contribution >= 0.6 is 0 Å². The Balaban J connectivity index is 1.23. The molecule has 5 rings (SSSR count). The molecule has 3 unspecified atom stereocenters. The second-order valence-electron chi connectivity index (χ2n) is 22.6.